The molecule has 0 aromatic carbocycles. The first-order valence-corrected chi connectivity index (χ1v) is 6.08. The number of nitrogens with one attached hydrogen (secondary N) is 1. The number of hydrogen-bond acceptors (Lipinski definition) is 5. The lowest BCUT2D eigenvalue weighted by molar-refractivity contribution is 0.0697. The molecule has 1 aromatic rings. The Bertz CT molecular complexity index is 450. The van der Waals surface area contributed by atoms with E-state index in [-0.39, 0.29) is 11.6 Å². The van der Waals surface area contributed by atoms with Crippen molar-refractivity contribution in [2.24, 2.45) is 0 Å². The SMILES string of the molecule is Cc1ncc(C(=O)O)c(NC2CCCN(C)C2)n1. The van der Waals surface area contributed by atoms with Crippen molar-refractivity contribution in [2.45, 2.75) is 25.8 Å². The Balaban J connectivity index is 2.16. The average Bonchev–Trinajstić information content (AvgIpc) is 2.28. The second-order valence-electron chi connectivity index (χ2n) is 4.73. The molecular weight excluding hydrogens is 232 g/mol. The minimum absolute atomic E-state index is 0.133. The van der Waals surface area contributed by atoms with Crippen molar-refractivity contribution in [1.29, 1.82) is 0 Å². The summed E-state index contributed by atoms with van der Waals surface area (Å²) in [5.74, 6) is 0.00336. The summed E-state index contributed by atoms with van der Waals surface area (Å²) in [5.41, 5.74) is 0.133. The van der Waals surface area contributed by atoms with Gasteiger partial charge in [-0.2, -0.15) is 0 Å². The molecule has 1 saturated heterocycles. The van der Waals surface area contributed by atoms with E-state index < -0.39 is 5.97 Å². The van der Waals surface area contributed by atoms with E-state index in [1.165, 1.54) is 6.20 Å². The van der Waals surface area contributed by atoms with Crippen molar-refractivity contribution < 1.29 is 9.90 Å². The molecule has 1 fully saturated rings. The fourth-order valence-corrected chi connectivity index (χ4v) is 2.21. The summed E-state index contributed by atoms with van der Waals surface area (Å²) >= 11 is 0. The molecule has 18 heavy (non-hydrogen) atoms. The Morgan fingerprint density at radius 1 is 1.61 bits per heavy atom. The molecule has 0 radical (unpaired) electrons. The van der Waals surface area contributed by atoms with Gasteiger partial charge >= 0.3 is 5.97 Å². The highest BCUT2D eigenvalue weighted by Gasteiger charge is 2.20. The predicted octanol–water partition coefficient (Wildman–Crippen LogP) is 0.989. The van der Waals surface area contributed by atoms with Gasteiger partial charge in [0.15, 0.2) is 0 Å². The smallest absolute Gasteiger partial charge is 0.341 e. The number of likely N-dealkylation sites (N-methyl/N-ethyl adjacent to an activating group) is 1. The first kappa shape index (κ1) is 12.8. The van der Waals surface area contributed by atoms with Gasteiger partial charge in [0, 0.05) is 18.8 Å². The van der Waals surface area contributed by atoms with Crippen molar-refractivity contribution in [2.75, 3.05) is 25.5 Å². The van der Waals surface area contributed by atoms with Gasteiger partial charge in [-0.3, -0.25) is 0 Å². The van der Waals surface area contributed by atoms with Gasteiger partial charge in [0.25, 0.3) is 0 Å². The van der Waals surface area contributed by atoms with Crippen LogP contribution >= 0.6 is 0 Å². The zero-order chi connectivity index (χ0) is 13.1. The summed E-state index contributed by atoms with van der Waals surface area (Å²) in [6.45, 7) is 3.75. The van der Waals surface area contributed by atoms with Gasteiger partial charge in [-0.15, -0.1) is 0 Å². The number of hydrogen-bond donors (Lipinski definition) is 2. The van der Waals surface area contributed by atoms with Gasteiger partial charge < -0.3 is 15.3 Å². The Kier molecular flexibility index (Phi) is 3.76. The number of carboxylic acids is 1. The third-order valence-electron chi connectivity index (χ3n) is 3.10. The lowest BCUT2D eigenvalue weighted by Gasteiger charge is -2.30. The summed E-state index contributed by atoms with van der Waals surface area (Å²) < 4.78 is 0. The third kappa shape index (κ3) is 2.95. The summed E-state index contributed by atoms with van der Waals surface area (Å²) in [6.07, 6.45) is 3.51. The standard InChI is InChI=1S/C12H18N4O2/c1-8-13-6-10(12(17)18)11(14-8)15-9-4-3-5-16(2)7-9/h6,9H,3-5,7H2,1-2H3,(H,17,18)(H,13,14,15). The summed E-state index contributed by atoms with van der Waals surface area (Å²) in [6, 6.07) is 0.246. The van der Waals surface area contributed by atoms with E-state index in [4.69, 9.17) is 5.11 Å². The lowest BCUT2D eigenvalue weighted by Crippen LogP contribution is -2.40. The van der Waals surface area contributed by atoms with Crippen LogP contribution in [0.2, 0.25) is 0 Å². The van der Waals surface area contributed by atoms with Crippen LogP contribution in [0.5, 0.6) is 0 Å². The normalized spacial score (nSPS) is 20.7. The zero-order valence-electron chi connectivity index (χ0n) is 10.7. The minimum atomic E-state index is -0.998. The Hall–Kier alpha value is -1.69. The monoisotopic (exact) mass is 250 g/mol. The van der Waals surface area contributed by atoms with Gasteiger partial charge in [0.05, 0.1) is 0 Å². The van der Waals surface area contributed by atoms with E-state index in [0.717, 1.165) is 25.9 Å². The molecule has 98 valence electrons. The molecule has 1 atom stereocenters. The second-order valence-corrected chi connectivity index (χ2v) is 4.73. The van der Waals surface area contributed by atoms with Crippen molar-refractivity contribution in [1.82, 2.24) is 14.9 Å². The highest BCUT2D eigenvalue weighted by molar-refractivity contribution is 5.92. The number of rotatable bonds is 3. The van der Waals surface area contributed by atoms with Crippen LogP contribution in [-0.4, -0.2) is 52.1 Å². The molecule has 1 aliphatic heterocycles. The first-order valence-electron chi connectivity index (χ1n) is 6.08. The van der Waals surface area contributed by atoms with E-state index in [1.54, 1.807) is 6.92 Å². The molecule has 6 nitrogen and oxygen atoms in total. The fraction of sp³-hybridized carbons (Fsp3) is 0.583. The maximum Gasteiger partial charge on any atom is 0.341 e. The second kappa shape index (κ2) is 5.30. The molecule has 1 aliphatic rings. The van der Waals surface area contributed by atoms with Crippen molar-refractivity contribution in [3.05, 3.63) is 17.6 Å². The highest BCUT2D eigenvalue weighted by Crippen LogP contribution is 2.17. The average molecular weight is 250 g/mol. The van der Waals surface area contributed by atoms with Crippen molar-refractivity contribution in [3.63, 3.8) is 0 Å². The number of aromatic nitrogens is 2. The van der Waals surface area contributed by atoms with E-state index in [1.807, 2.05) is 0 Å². The van der Waals surface area contributed by atoms with E-state index in [2.05, 4.69) is 27.2 Å². The van der Waals surface area contributed by atoms with Crippen LogP contribution in [0.4, 0.5) is 5.82 Å². The molecule has 0 spiro atoms. The van der Waals surface area contributed by atoms with Gasteiger partial charge in [-0.25, -0.2) is 14.8 Å². The fourth-order valence-electron chi connectivity index (χ4n) is 2.21. The summed E-state index contributed by atoms with van der Waals surface area (Å²) in [4.78, 5) is 21.5. The Labute approximate surface area is 106 Å². The number of likely N-dealkylation sites (tertiary alicyclic amines) is 1. The Morgan fingerprint density at radius 3 is 3.06 bits per heavy atom. The van der Waals surface area contributed by atoms with Crippen molar-refractivity contribution >= 4 is 11.8 Å². The number of aromatic carboxylic acids is 1. The summed E-state index contributed by atoms with van der Waals surface area (Å²) in [7, 11) is 2.07. The van der Waals surface area contributed by atoms with E-state index in [9.17, 15) is 4.79 Å². The van der Waals surface area contributed by atoms with Gasteiger partial charge in [-0.05, 0) is 33.4 Å². The van der Waals surface area contributed by atoms with E-state index in [0.29, 0.717) is 11.6 Å². The molecule has 0 bridgehead atoms. The molecule has 6 heteroatoms. The van der Waals surface area contributed by atoms with Crippen LogP contribution in [0.3, 0.4) is 0 Å². The van der Waals surface area contributed by atoms with E-state index >= 15 is 0 Å². The lowest BCUT2D eigenvalue weighted by atomic mass is 10.1. The number of nitrogens with zero attached hydrogens (tertiary/aromatic N) is 3. The number of aryl methyl sites for hydroxylation is 1. The molecular formula is C12H18N4O2. The molecule has 2 rings (SSSR count). The number of carbonyl (C=O) groups is 1. The van der Waals surface area contributed by atoms with Gasteiger partial charge in [-0.1, -0.05) is 0 Å². The maximum absolute atomic E-state index is 11.1. The molecule has 0 saturated carbocycles. The van der Waals surface area contributed by atoms with Gasteiger partial charge in [0.1, 0.15) is 17.2 Å². The number of anilines is 1. The topological polar surface area (TPSA) is 78.3 Å². The number of piperidine rings is 1. The molecule has 2 N–H and O–H groups in total. The summed E-state index contributed by atoms with van der Waals surface area (Å²) in [5, 5.41) is 12.3. The molecule has 1 aromatic heterocycles. The van der Waals surface area contributed by atoms with Crippen LogP contribution in [0.1, 0.15) is 29.0 Å². The van der Waals surface area contributed by atoms with Gasteiger partial charge in [0.2, 0.25) is 0 Å². The number of carboxylic acid groups (broad SMARTS) is 1. The molecule has 1 unspecified atom stereocenters. The molecule has 2 heterocycles. The van der Waals surface area contributed by atoms with Crippen LogP contribution in [0, 0.1) is 6.92 Å². The third-order valence-corrected chi connectivity index (χ3v) is 3.10. The zero-order valence-corrected chi connectivity index (χ0v) is 10.7. The predicted molar refractivity (Wildman–Crippen MR) is 67.9 cm³/mol. The Morgan fingerprint density at radius 2 is 2.39 bits per heavy atom. The maximum atomic E-state index is 11.1. The molecule has 0 aliphatic carbocycles. The van der Waals surface area contributed by atoms with Crippen LogP contribution in [-0.2, 0) is 0 Å². The van der Waals surface area contributed by atoms with Crippen LogP contribution in [0.15, 0.2) is 6.20 Å². The van der Waals surface area contributed by atoms with Crippen molar-refractivity contribution in [3.8, 4) is 0 Å². The van der Waals surface area contributed by atoms with Crippen LogP contribution in [0.25, 0.3) is 0 Å². The minimum Gasteiger partial charge on any atom is -0.477 e. The van der Waals surface area contributed by atoms with Crippen LogP contribution < -0.4 is 5.32 Å². The first-order chi connectivity index (χ1) is 8.56. The highest BCUT2D eigenvalue weighted by atomic mass is 16.4. The quantitative estimate of drug-likeness (QED) is 0.833. The molecule has 0 amide bonds. The largest absolute Gasteiger partial charge is 0.477 e.